The number of hydrogen-bond acceptors (Lipinski definition) is 4. The van der Waals surface area contributed by atoms with Gasteiger partial charge < -0.3 is 16.0 Å². The Morgan fingerprint density at radius 1 is 1.17 bits per heavy atom. The molecule has 7 nitrogen and oxygen atoms in total. The van der Waals surface area contributed by atoms with Gasteiger partial charge >= 0.3 is 0 Å². The second kappa shape index (κ2) is 6.27. The molecule has 0 spiro atoms. The molecular formula is C16H15N5O2. The average Bonchev–Trinajstić information content (AvgIpc) is 2.96. The third kappa shape index (κ3) is 3.52. The smallest absolute Gasteiger partial charge is 0.248 e. The Morgan fingerprint density at radius 3 is 2.65 bits per heavy atom. The minimum absolute atomic E-state index is 0.134. The summed E-state index contributed by atoms with van der Waals surface area (Å²) in [6.45, 7) is 0. The number of fused-ring (bicyclic) bond motifs is 1. The van der Waals surface area contributed by atoms with Crippen LogP contribution in [0.1, 0.15) is 22.6 Å². The molecule has 0 radical (unpaired) electrons. The van der Waals surface area contributed by atoms with Crippen LogP contribution in [0, 0.1) is 0 Å². The predicted molar refractivity (Wildman–Crippen MR) is 85.8 cm³/mol. The fraction of sp³-hybridized carbons (Fsp3) is 0.125. The van der Waals surface area contributed by atoms with Crippen LogP contribution < -0.4 is 11.1 Å². The second-order valence-corrected chi connectivity index (χ2v) is 5.05. The van der Waals surface area contributed by atoms with Crippen LogP contribution in [-0.4, -0.2) is 26.8 Å². The Balaban J connectivity index is 1.57. The zero-order valence-electron chi connectivity index (χ0n) is 12.2. The van der Waals surface area contributed by atoms with Crippen LogP contribution in [0.4, 0.5) is 5.69 Å². The summed E-state index contributed by atoms with van der Waals surface area (Å²) in [7, 11) is 0. The number of nitrogens with zero attached hydrogens (tertiary/aromatic N) is 2. The van der Waals surface area contributed by atoms with Crippen LogP contribution in [-0.2, 0) is 11.2 Å². The quantitative estimate of drug-likeness (QED) is 0.664. The van der Waals surface area contributed by atoms with E-state index in [2.05, 4.69) is 20.3 Å². The molecule has 1 aromatic carbocycles. The van der Waals surface area contributed by atoms with Crippen molar-refractivity contribution in [3.05, 3.63) is 54.0 Å². The van der Waals surface area contributed by atoms with E-state index in [4.69, 9.17) is 5.73 Å². The monoisotopic (exact) mass is 309 g/mol. The summed E-state index contributed by atoms with van der Waals surface area (Å²) in [6, 6.07) is 10.1. The topological polar surface area (TPSA) is 114 Å². The standard InChI is InChI=1S/C16H15N5O2/c17-15(23)10-3-5-11(6-4-10)19-14(22)8-7-13-20-12-2-1-9-18-16(12)21-13/h1-6,9H,7-8H2,(H2,17,23)(H,19,22)(H,18,20,21). The lowest BCUT2D eigenvalue weighted by molar-refractivity contribution is -0.116. The van der Waals surface area contributed by atoms with E-state index in [1.807, 2.05) is 12.1 Å². The molecule has 116 valence electrons. The normalized spacial score (nSPS) is 10.6. The molecule has 2 amide bonds. The highest BCUT2D eigenvalue weighted by Crippen LogP contribution is 2.11. The number of nitrogens with two attached hydrogens (primary N) is 1. The molecule has 0 saturated heterocycles. The molecule has 0 aliphatic heterocycles. The van der Waals surface area contributed by atoms with Crippen molar-refractivity contribution in [2.75, 3.05) is 5.32 Å². The Hall–Kier alpha value is -3.22. The van der Waals surface area contributed by atoms with Gasteiger partial charge in [-0.2, -0.15) is 0 Å². The first kappa shape index (κ1) is 14.7. The molecule has 0 bridgehead atoms. The lowest BCUT2D eigenvalue weighted by Gasteiger charge is -2.05. The summed E-state index contributed by atoms with van der Waals surface area (Å²) in [5, 5.41) is 2.76. The van der Waals surface area contributed by atoms with Crippen LogP contribution in [0.25, 0.3) is 11.2 Å². The van der Waals surface area contributed by atoms with Gasteiger partial charge in [-0.15, -0.1) is 0 Å². The van der Waals surface area contributed by atoms with Crippen LogP contribution in [0.5, 0.6) is 0 Å². The fourth-order valence-electron chi connectivity index (χ4n) is 2.19. The van der Waals surface area contributed by atoms with Crippen LogP contribution in [0.15, 0.2) is 42.6 Å². The second-order valence-electron chi connectivity index (χ2n) is 5.05. The summed E-state index contributed by atoms with van der Waals surface area (Å²) in [6.07, 6.45) is 2.45. The molecule has 2 heterocycles. The maximum atomic E-state index is 12.0. The number of carbonyl (C=O) groups is 2. The number of carbonyl (C=O) groups excluding carboxylic acids is 2. The van der Waals surface area contributed by atoms with E-state index >= 15 is 0 Å². The predicted octanol–water partition coefficient (Wildman–Crippen LogP) is 1.63. The average molecular weight is 309 g/mol. The maximum absolute atomic E-state index is 12.0. The van der Waals surface area contributed by atoms with Gasteiger partial charge in [-0.1, -0.05) is 0 Å². The van der Waals surface area contributed by atoms with Crippen LogP contribution in [0.2, 0.25) is 0 Å². The molecule has 0 fully saturated rings. The Bertz CT molecular complexity index is 821. The Labute approximate surface area is 131 Å². The van der Waals surface area contributed by atoms with Crippen LogP contribution in [0.3, 0.4) is 0 Å². The van der Waals surface area contributed by atoms with Gasteiger partial charge in [0.25, 0.3) is 0 Å². The molecule has 0 saturated carbocycles. The minimum atomic E-state index is -0.499. The highest BCUT2D eigenvalue weighted by atomic mass is 16.1. The van der Waals surface area contributed by atoms with E-state index in [1.54, 1.807) is 30.5 Å². The Morgan fingerprint density at radius 2 is 1.96 bits per heavy atom. The molecule has 0 atom stereocenters. The third-order valence-corrected chi connectivity index (χ3v) is 3.35. The Kier molecular flexibility index (Phi) is 4.01. The van der Waals surface area contributed by atoms with Gasteiger partial charge in [0, 0.05) is 30.3 Å². The number of imidazole rings is 1. The first-order valence-electron chi connectivity index (χ1n) is 7.11. The number of aromatic amines is 1. The van der Waals surface area contributed by atoms with E-state index < -0.39 is 5.91 Å². The van der Waals surface area contributed by atoms with Crippen molar-refractivity contribution in [1.82, 2.24) is 15.0 Å². The number of H-pyrrole nitrogens is 1. The molecular weight excluding hydrogens is 294 g/mol. The maximum Gasteiger partial charge on any atom is 0.248 e. The van der Waals surface area contributed by atoms with Crippen LogP contribution >= 0.6 is 0 Å². The van der Waals surface area contributed by atoms with E-state index in [0.29, 0.717) is 23.3 Å². The lowest BCUT2D eigenvalue weighted by Crippen LogP contribution is -2.14. The van der Waals surface area contributed by atoms with Gasteiger partial charge in [0.2, 0.25) is 11.8 Å². The number of aryl methyl sites for hydroxylation is 1. The number of aromatic nitrogens is 3. The van der Waals surface area contributed by atoms with E-state index in [9.17, 15) is 9.59 Å². The van der Waals surface area contributed by atoms with Crippen molar-refractivity contribution in [2.45, 2.75) is 12.8 Å². The van der Waals surface area contributed by atoms with Gasteiger partial charge in [-0.3, -0.25) is 9.59 Å². The summed E-state index contributed by atoms with van der Waals surface area (Å²) in [5.74, 6) is 0.0875. The number of rotatable bonds is 5. The number of benzene rings is 1. The van der Waals surface area contributed by atoms with Crippen molar-refractivity contribution in [2.24, 2.45) is 5.73 Å². The van der Waals surface area contributed by atoms with Crippen molar-refractivity contribution in [3.8, 4) is 0 Å². The van der Waals surface area contributed by atoms with Gasteiger partial charge in [0.15, 0.2) is 5.65 Å². The molecule has 3 rings (SSSR count). The van der Waals surface area contributed by atoms with Crippen molar-refractivity contribution < 1.29 is 9.59 Å². The first-order chi connectivity index (χ1) is 11.1. The molecule has 23 heavy (non-hydrogen) atoms. The van der Waals surface area contributed by atoms with Gasteiger partial charge in [-0.25, -0.2) is 9.97 Å². The summed E-state index contributed by atoms with van der Waals surface area (Å²) < 4.78 is 0. The highest BCUT2D eigenvalue weighted by Gasteiger charge is 2.08. The zero-order chi connectivity index (χ0) is 16.2. The van der Waals surface area contributed by atoms with Crippen molar-refractivity contribution >= 4 is 28.7 Å². The summed E-state index contributed by atoms with van der Waals surface area (Å²) >= 11 is 0. The lowest BCUT2D eigenvalue weighted by atomic mass is 10.2. The number of nitrogens with one attached hydrogen (secondary N) is 2. The fourth-order valence-corrected chi connectivity index (χ4v) is 2.19. The first-order valence-corrected chi connectivity index (χ1v) is 7.11. The van der Waals surface area contributed by atoms with Gasteiger partial charge in [0.05, 0.1) is 5.52 Å². The van der Waals surface area contributed by atoms with Gasteiger partial charge in [-0.05, 0) is 36.4 Å². The molecule has 3 aromatic rings. The van der Waals surface area contributed by atoms with E-state index in [1.165, 1.54) is 0 Å². The number of anilines is 1. The number of hydrogen-bond donors (Lipinski definition) is 3. The van der Waals surface area contributed by atoms with Crippen molar-refractivity contribution in [1.29, 1.82) is 0 Å². The minimum Gasteiger partial charge on any atom is -0.366 e. The number of primary amides is 1. The summed E-state index contributed by atoms with van der Waals surface area (Å²) in [5.41, 5.74) is 7.68. The molecule has 7 heteroatoms. The highest BCUT2D eigenvalue weighted by molar-refractivity contribution is 5.94. The van der Waals surface area contributed by atoms with Gasteiger partial charge in [0.1, 0.15) is 5.82 Å². The SMILES string of the molecule is NC(=O)c1ccc(NC(=O)CCc2nc3ncccc3[nH]2)cc1. The largest absolute Gasteiger partial charge is 0.366 e. The zero-order valence-corrected chi connectivity index (χ0v) is 12.2. The van der Waals surface area contributed by atoms with E-state index in [0.717, 1.165) is 11.3 Å². The molecule has 0 aliphatic carbocycles. The summed E-state index contributed by atoms with van der Waals surface area (Å²) in [4.78, 5) is 34.5. The number of amides is 2. The molecule has 0 aliphatic rings. The third-order valence-electron chi connectivity index (χ3n) is 3.35. The van der Waals surface area contributed by atoms with E-state index in [-0.39, 0.29) is 12.3 Å². The van der Waals surface area contributed by atoms with Crippen molar-refractivity contribution in [3.63, 3.8) is 0 Å². The molecule has 4 N–H and O–H groups in total. The number of pyridine rings is 1. The molecule has 2 aromatic heterocycles. The molecule has 0 unspecified atom stereocenters.